The van der Waals surface area contributed by atoms with E-state index in [-0.39, 0.29) is 16.8 Å². The van der Waals surface area contributed by atoms with Crippen molar-refractivity contribution in [1.29, 1.82) is 0 Å². The molecule has 1 aromatic heterocycles. The second-order valence-electron chi connectivity index (χ2n) is 3.89. The second-order valence-corrected chi connectivity index (χ2v) is 4.30. The molecule has 0 unspecified atom stereocenters. The van der Waals surface area contributed by atoms with E-state index in [4.69, 9.17) is 16.6 Å². The Hall–Kier alpha value is -1.89. The molecular formula is C12H17N3O3S. The summed E-state index contributed by atoms with van der Waals surface area (Å²) in [6.07, 6.45) is 4.71. The van der Waals surface area contributed by atoms with Gasteiger partial charge in [0.05, 0.1) is 6.26 Å². The molecule has 0 aliphatic heterocycles. The van der Waals surface area contributed by atoms with Crippen molar-refractivity contribution in [2.75, 3.05) is 0 Å². The van der Waals surface area contributed by atoms with Crippen molar-refractivity contribution in [3.05, 3.63) is 24.2 Å². The molecule has 6 nitrogen and oxygen atoms in total. The third-order valence-corrected chi connectivity index (χ3v) is 2.50. The van der Waals surface area contributed by atoms with Gasteiger partial charge in [-0.15, -0.1) is 0 Å². The van der Waals surface area contributed by atoms with Crippen LogP contribution in [0.2, 0.25) is 0 Å². The van der Waals surface area contributed by atoms with Crippen LogP contribution in [0.15, 0.2) is 22.8 Å². The van der Waals surface area contributed by atoms with Crippen LogP contribution in [0.4, 0.5) is 0 Å². The van der Waals surface area contributed by atoms with Crippen LogP contribution in [-0.4, -0.2) is 16.9 Å². The predicted octanol–water partition coefficient (Wildman–Crippen LogP) is 1.50. The Bertz CT molecular complexity index is 431. The quantitative estimate of drug-likeness (QED) is 0.433. The average Bonchev–Trinajstić information content (AvgIpc) is 2.90. The van der Waals surface area contributed by atoms with Gasteiger partial charge in [-0.2, -0.15) is 0 Å². The molecule has 0 fully saturated rings. The van der Waals surface area contributed by atoms with Crippen LogP contribution < -0.4 is 16.2 Å². The van der Waals surface area contributed by atoms with Gasteiger partial charge in [-0.05, 0) is 30.8 Å². The first-order chi connectivity index (χ1) is 9.13. The standard InChI is InChI=1S/C12H17N3O3S/c1-2-3-4-7-10(16)14-15-12(19)13-11(17)9-6-5-8-18-9/h5-6,8H,2-4,7H2,1H3,(H,14,16)(H2,13,15,17,19). The highest BCUT2D eigenvalue weighted by molar-refractivity contribution is 7.80. The lowest BCUT2D eigenvalue weighted by Gasteiger charge is -2.09. The maximum absolute atomic E-state index is 11.5. The molecule has 0 aliphatic carbocycles. The van der Waals surface area contributed by atoms with Gasteiger partial charge in [0.1, 0.15) is 0 Å². The van der Waals surface area contributed by atoms with Gasteiger partial charge < -0.3 is 4.42 Å². The van der Waals surface area contributed by atoms with Gasteiger partial charge in [0, 0.05) is 6.42 Å². The minimum absolute atomic E-state index is 0.0187. The number of amides is 2. The number of unbranched alkanes of at least 4 members (excludes halogenated alkanes) is 2. The summed E-state index contributed by atoms with van der Waals surface area (Å²) in [7, 11) is 0. The Kier molecular flexibility index (Phi) is 6.59. The molecule has 0 radical (unpaired) electrons. The second kappa shape index (κ2) is 8.25. The van der Waals surface area contributed by atoms with E-state index in [2.05, 4.69) is 23.1 Å². The predicted molar refractivity (Wildman–Crippen MR) is 74.2 cm³/mol. The van der Waals surface area contributed by atoms with Gasteiger partial charge in [-0.1, -0.05) is 19.8 Å². The van der Waals surface area contributed by atoms with Crippen LogP contribution in [-0.2, 0) is 4.79 Å². The summed E-state index contributed by atoms with van der Waals surface area (Å²) in [5.74, 6) is -0.482. The number of hydrazine groups is 1. The van der Waals surface area contributed by atoms with Crippen molar-refractivity contribution < 1.29 is 14.0 Å². The van der Waals surface area contributed by atoms with Gasteiger partial charge >= 0.3 is 0 Å². The highest BCUT2D eigenvalue weighted by Crippen LogP contribution is 1.99. The minimum atomic E-state index is -0.470. The summed E-state index contributed by atoms with van der Waals surface area (Å²) < 4.78 is 4.90. The molecule has 0 bridgehead atoms. The van der Waals surface area contributed by atoms with Gasteiger partial charge in [0.2, 0.25) is 5.91 Å². The number of rotatable bonds is 5. The van der Waals surface area contributed by atoms with Crippen LogP contribution >= 0.6 is 12.2 Å². The van der Waals surface area contributed by atoms with Gasteiger partial charge in [0.25, 0.3) is 5.91 Å². The molecule has 0 aliphatic rings. The molecule has 2 amide bonds. The van der Waals surface area contributed by atoms with E-state index in [1.165, 1.54) is 12.3 Å². The third-order valence-electron chi connectivity index (χ3n) is 2.29. The smallest absolute Gasteiger partial charge is 0.293 e. The van der Waals surface area contributed by atoms with Gasteiger partial charge in [-0.3, -0.25) is 25.8 Å². The van der Waals surface area contributed by atoms with E-state index in [0.717, 1.165) is 19.3 Å². The SMILES string of the molecule is CCCCCC(=O)NNC(=S)NC(=O)c1ccco1. The highest BCUT2D eigenvalue weighted by Gasteiger charge is 2.10. The Morgan fingerprint density at radius 2 is 2.11 bits per heavy atom. The Labute approximate surface area is 116 Å². The van der Waals surface area contributed by atoms with Crippen molar-refractivity contribution >= 4 is 29.1 Å². The first kappa shape index (κ1) is 15.2. The number of nitrogens with one attached hydrogen (secondary N) is 3. The van der Waals surface area contributed by atoms with E-state index in [1.807, 2.05) is 0 Å². The first-order valence-corrected chi connectivity index (χ1v) is 6.48. The van der Waals surface area contributed by atoms with Gasteiger partial charge in [0.15, 0.2) is 10.9 Å². The van der Waals surface area contributed by atoms with Crippen molar-refractivity contribution in [1.82, 2.24) is 16.2 Å². The van der Waals surface area contributed by atoms with Crippen LogP contribution in [0, 0.1) is 0 Å². The summed E-state index contributed by atoms with van der Waals surface area (Å²) in [4.78, 5) is 22.9. The van der Waals surface area contributed by atoms with Crippen LogP contribution in [0.5, 0.6) is 0 Å². The number of carbonyl (C=O) groups is 2. The molecule has 0 saturated heterocycles. The van der Waals surface area contributed by atoms with Crippen molar-refractivity contribution in [2.24, 2.45) is 0 Å². The lowest BCUT2D eigenvalue weighted by Crippen LogP contribution is -2.48. The molecule has 0 spiro atoms. The Balaban J connectivity index is 2.21. The summed E-state index contributed by atoms with van der Waals surface area (Å²) in [6, 6.07) is 3.11. The van der Waals surface area contributed by atoms with Crippen molar-refractivity contribution in [3.63, 3.8) is 0 Å². The van der Waals surface area contributed by atoms with Crippen LogP contribution in [0.1, 0.15) is 43.2 Å². The lowest BCUT2D eigenvalue weighted by atomic mass is 10.2. The number of furan rings is 1. The Morgan fingerprint density at radius 1 is 1.32 bits per heavy atom. The zero-order valence-electron chi connectivity index (χ0n) is 10.7. The molecular weight excluding hydrogens is 266 g/mol. The Morgan fingerprint density at radius 3 is 2.74 bits per heavy atom. The van der Waals surface area contributed by atoms with Gasteiger partial charge in [-0.25, -0.2) is 0 Å². The van der Waals surface area contributed by atoms with Crippen molar-refractivity contribution in [3.8, 4) is 0 Å². The topological polar surface area (TPSA) is 83.4 Å². The summed E-state index contributed by atoms with van der Waals surface area (Å²) in [5.41, 5.74) is 4.88. The molecule has 19 heavy (non-hydrogen) atoms. The molecule has 1 rings (SSSR count). The number of thiocarbonyl (C=S) groups is 1. The number of carbonyl (C=O) groups excluding carboxylic acids is 2. The van der Waals surface area contributed by atoms with E-state index in [1.54, 1.807) is 6.07 Å². The molecule has 104 valence electrons. The normalized spacial score (nSPS) is 9.74. The van der Waals surface area contributed by atoms with E-state index in [9.17, 15) is 9.59 Å². The fourth-order valence-electron chi connectivity index (χ4n) is 1.33. The maximum atomic E-state index is 11.5. The maximum Gasteiger partial charge on any atom is 0.293 e. The molecule has 1 aromatic rings. The zero-order chi connectivity index (χ0) is 14.1. The fourth-order valence-corrected chi connectivity index (χ4v) is 1.47. The molecule has 1 heterocycles. The van der Waals surface area contributed by atoms with Crippen LogP contribution in [0.3, 0.4) is 0 Å². The summed E-state index contributed by atoms with van der Waals surface area (Å²) in [6.45, 7) is 2.06. The number of hydrogen-bond donors (Lipinski definition) is 3. The first-order valence-electron chi connectivity index (χ1n) is 6.07. The van der Waals surface area contributed by atoms with E-state index >= 15 is 0 Å². The summed E-state index contributed by atoms with van der Waals surface area (Å²) >= 11 is 4.86. The summed E-state index contributed by atoms with van der Waals surface area (Å²) in [5, 5.41) is 2.40. The number of hydrogen-bond acceptors (Lipinski definition) is 4. The van der Waals surface area contributed by atoms with Crippen molar-refractivity contribution in [2.45, 2.75) is 32.6 Å². The lowest BCUT2D eigenvalue weighted by molar-refractivity contribution is -0.121. The highest BCUT2D eigenvalue weighted by atomic mass is 32.1. The molecule has 7 heteroatoms. The zero-order valence-corrected chi connectivity index (χ0v) is 11.5. The largest absolute Gasteiger partial charge is 0.459 e. The molecule has 3 N–H and O–H groups in total. The van der Waals surface area contributed by atoms with Crippen LogP contribution in [0.25, 0.3) is 0 Å². The molecule has 0 aromatic carbocycles. The van der Waals surface area contributed by atoms with E-state index in [0.29, 0.717) is 6.42 Å². The monoisotopic (exact) mass is 283 g/mol. The third kappa shape index (κ3) is 6.01. The van der Waals surface area contributed by atoms with E-state index < -0.39 is 5.91 Å². The molecule has 0 saturated carbocycles. The fraction of sp³-hybridized carbons (Fsp3) is 0.417. The average molecular weight is 283 g/mol. The minimum Gasteiger partial charge on any atom is -0.459 e. The molecule has 0 atom stereocenters.